The summed E-state index contributed by atoms with van der Waals surface area (Å²) < 4.78 is 10.5. The summed E-state index contributed by atoms with van der Waals surface area (Å²) in [7, 11) is 3.07. The van der Waals surface area contributed by atoms with Crippen molar-refractivity contribution < 1.29 is 24.2 Å². The Bertz CT molecular complexity index is 752. The van der Waals surface area contributed by atoms with E-state index < -0.39 is 12.5 Å². The number of aliphatic carboxylic acids is 1. The molecule has 0 aliphatic heterocycles. The molecule has 1 amide bonds. The highest BCUT2D eigenvalue weighted by molar-refractivity contribution is 7.13. The predicted molar refractivity (Wildman–Crippen MR) is 98.0 cm³/mol. The first-order valence-electron chi connectivity index (χ1n) is 8.14. The van der Waals surface area contributed by atoms with Crippen LogP contribution in [0.25, 0.3) is 0 Å². The van der Waals surface area contributed by atoms with E-state index in [2.05, 4.69) is 4.98 Å². The molecular formula is C18H22N2O5S. The lowest BCUT2D eigenvalue weighted by Gasteiger charge is -2.20. The van der Waals surface area contributed by atoms with E-state index in [0.717, 1.165) is 17.8 Å². The second-order valence-corrected chi connectivity index (χ2v) is 6.76. The molecule has 0 aliphatic carbocycles. The number of thiazole rings is 1. The number of carbonyl (C=O) groups is 2. The Kier molecular flexibility index (Phi) is 6.97. The number of carboxylic acid groups (broad SMARTS) is 1. The summed E-state index contributed by atoms with van der Waals surface area (Å²) in [5.41, 5.74) is 0.717. The van der Waals surface area contributed by atoms with Gasteiger partial charge in [-0.25, -0.2) is 4.98 Å². The van der Waals surface area contributed by atoms with Gasteiger partial charge in [-0.2, -0.15) is 0 Å². The number of aromatic nitrogens is 1. The van der Waals surface area contributed by atoms with E-state index in [9.17, 15) is 14.7 Å². The molecule has 0 radical (unpaired) electrons. The molecule has 0 saturated carbocycles. The van der Waals surface area contributed by atoms with Crippen LogP contribution in [0.4, 0.5) is 0 Å². The van der Waals surface area contributed by atoms with Crippen molar-refractivity contribution in [2.75, 3.05) is 20.8 Å². The predicted octanol–water partition coefficient (Wildman–Crippen LogP) is 2.84. The minimum Gasteiger partial charge on any atom is -0.497 e. The Hall–Kier alpha value is -2.61. The van der Waals surface area contributed by atoms with E-state index in [1.165, 1.54) is 36.7 Å². The van der Waals surface area contributed by atoms with Crippen LogP contribution < -0.4 is 9.47 Å². The molecule has 26 heavy (non-hydrogen) atoms. The number of carboxylic acids is 1. The monoisotopic (exact) mass is 378 g/mol. The second kappa shape index (κ2) is 9.19. The molecule has 2 aromatic rings. The molecule has 7 nitrogen and oxygen atoms in total. The Morgan fingerprint density at radius 3 is 2.38 bits per heavy atom. The lowest BCUT2D eigenvalue weighted by Crippen LogP contribution is -2.34. The third-order valence-corrected chi connectivity index (χ3v) is 4.67. The number of carbonyl (C=O) groups excluding carboxylic acids is 1. The minimum absolute atomic E-state index is 0.125. The molecule has 1 aromatic heterocycles. The van der Waals surface area contributed by atoms with Gasteiger partial charge in [0.15, 0.2) is 0 Å². The van der Waals surface area contributed by atoms with Crippen molar-refractivity contribution in [3.8, 4) is 11.5 Å². The molecule has 0 unspecified atom stereocenters. The van der Waals surface area contributed by atoms with Crippen LogP contribution in [0, 0.1) is 0 Å². The number of rotatable bonds is 9. The number of nitrogens with zero attached hydrogens (tertiary/aromatic N) is 2. The highest BCUT2D eigenvalue weighted by Crippen LogP contribution is 2.24. The zero-order chi connectivity index (χ0) is 19.1. The maximum atomic E-state index is 12.8. The zero-order valence-corrected chi connectivity index (χ0v) is 15.8. The molecule has 0 saturated heterocycles. The normalized spacial score (nSPS) is 10.4. The van der Waals surface area contributed by atoms with Crippen molar-refractivity contribution in [2.45, 2.75) is 26.3 Å². The molecule has 0 spiro atoms. The lowest BCUT2D eigenvalue weighted by atomic mass is 10.2. The third-order valence-electron chi connectivity index (χ3n) is 3.63. The quantitative estimate of drug-likeness (QED) is 0.722. The molecule has 2 rings (SSSR count). The van der Waals surface area contributed by atoms with E-state index in [-0.39, 0.29) is 12.5 Å². The van der Waals surface area contributed by atoms with Crippen LogP contribution in [-0.4, -0.2) is 47.6 Å². The second-order valence-electron chi connectivity index (χ2n) is 5.64. The van der Waals surface area contributed by atoms with Gasteiger partial charge in [-0.3, -0.25) is 9.59 Å². The number of hydrogen-bond acceptors (Lipinski definition) is 6. The van der Waals surface area contributed by atoms with E-state index in [1.54, 1.807) is 18.2 Å². The summed E-state index contributed by atoms with van der Waals surface area (Å²) in [6.45, 7) is 1.76. The van der Waals surface area contributed by atoms with Crippen molar-refractivity contribution in [3.05, 3.63) is 39.8 Å². The van der Waals surface area contributed by atoms with Gasteiger partial charge >= 0.3 is 5.97 Å². The Balaban J connectivity index is 2.26. The summed E-state index contributed by atoms with van der Waals surface area (Å²) in [6.07, 6.45) is 3.24. The number of hydrogen-bond donors (Lipinski definition) is 1. The van der Waals surface area contributed by atoms with Crippen LogP contribution in [0.2, 0.25) is 0 Å². The van der Waals surface area contributed by atoms with Crippen LogP contribution in [0.3, 0.4) is 0 Å². The van der Waals surface area contributed by atoms with Gasteiger partial charge in [0.05, 0.1) is 25.4 Å². The Morgan fingerprint density at radius 2 is 1.85 bits per heavy atom. The first-order chi connectivity index (χ1) is 12.5. The first-order valence-corrected chi connectivity index (χ1v) is 8.96. The van der Waals surface area contributed by atoms with Gasteiger partial charge in [0.25, 0.3) is 5.91 Å². The number of amides is 1. The van der Waals surface area contributed by atoms with Gasteiger partial charge in [-0.1, -0.05) is 6.92 Å². The first kappa shape index (κ1) is 19.7. The standard InChI is InChI=1S/C18H22N2O5S/c1-4-5-16-19-9-15(26-16)18(23)20(11-17(21)22)10-12-6-13(24-2)8-14(7-12)25-3/h6-9H,4-5,10-11H2,1-3H3,(H,21,22). The molecule has 1 heterocycles. The molecular weight excluding hydrogens is 356 g/mol. The molecule has 140 valence electrons. The molecule has 1 N–H and O–H groups in total. The number of aryl methyl sites for hydroxylation is 1. The highest BCUT2D eigenvalue weighted by atomic mass is 32.1. The summed E-state index contributed by atoms with van der Waals surface area (Å²) in [5, 5.41) is 10.1. The third kappa shape index (κ3) is 5.19. The lowest BCUT2D eigenvalue weighted by molar-refractivity contribution is -0.137. The van der Waals surface area contributed by atoms with Crippen molar-refractivity contribution >= 4 is 23.2 Å². The van der Waals surface area contributed by atoms with Gasteiger partial charge in [0, 0.05) is 12.6 Å². The summed E-state index contributed by atoms with van der Waals surface area (Å²) in [4.78, 5) is 30.0. The van der Waals surface area contributed by atoms with E-state index >= 15 is 0 Å². The smallest absolute Gasteiger partial charge is 0.323 e. The SMILES string of the molecule is CCCc1ncc(C(=O)N(CC(=O)O)Cc2cc(OC)cc(OC)c2)s1. The molecule has 0 fully saturated rings. The van der Waals surface area contributed by atoms with Crippen molar-refractivity contribution in [3.63, 3.8) is 0 Å². The summed E-state index contributed by atoms with van der Waals surface area (Å²) in [5.74, 6) is -0.282. The van der Waals surface area contributed by atoms with Gasteiger partial charge in [-0.05, 0) is 30.5 Å². The molecule has 0 atom stereocenters. The van der Waals surface area contributed by atoms with Crippen molar-refractivity contribution in [1.82, 2.24) is 9.88 Å². The molecule has 0 aliphatic rings. The average Bonchev–Trinajstić information content (AvgIpc) is 3.08. The fourth-order valence-electron chi connectivity index (χ4n) is 2.44. The molecule has 1 aromatic carbocycles. The molecule has 8 heteroatoms. The minimum atomic E-state index is -1.08. The van der Waals surface area contributed by atoms with Gasteiger partial charge < -0.3 is 19.5 Å². The van der Waals surface area contributed by atoms with Crippen LogP contribution in [-0.2, 0) is 17.8 Å². The maximum absolute atomic E-state index is 12.8. The van der Waals surface area contributed by atoms with Gasteiger partial charge in [-0.15, -0.1) is 11.3 Å². The number of methoxy groups -OCH3 is 2. The Labute approximate surface area is 156 Å². The largest absolute Gasteiger partial charge is 0.497 e. The van der Waals surface area contributed by atoms with Gasteiger partial charge in [0.1, 0.15) is 22.9 Å². The topological polar surface area (TPSA) is 89.0 Å². The average molecular weight is 378 g/mol. The fourth-order valence-corrected chi connectivity index (χ4v) is 3.42. The Morgan fingerprint density at radius 1 is 1.19 bits per heavy atom. The van der Waals surface area contributed by atoms with Crippen LogP contribution in [0.5, 0.6) is 11.5 Å². The van der Waals surface area contributed by atoms with E-state index in [0.29, 0.717) is 21.9 Å². The van der Waals surface area contributed by atoms with Crippen LogP contribution in [0.15, 0.2) is 24.4 Å². The van der Waals surface area contributed by atoms with E-state index in [1.807, 2.05) is 6.92 Å². The van der Waals surface area contributed by atoms with Crippen LogP contribution >= 0.6 is 11.3 Å². The van der Waals surface area contributed by atoms with Crippen LogP contribution in [0.1, 0.15) is 33.6 Å². The number of benzene rings is 1. The van der Waals surface area contributed by atoms with Crippen molar-refractivity contribution in [1.29, 1.82) is 0 Å². The number of ether oxygens (including phenoxy) is 2. The molecule has 0 bridgehead atoms. The summed E-state index contributed by atoms with van der Waals surface area (Å²) in [6, 6.07) is 5.22. The highest BCUT2D eigenvalue weighted by Gasteiger charge is 2.21. The summed E-state index contributed by atoms with van der Waals surface area (Å²) >= 11 is 1.30. The maximum Gasteiger partial charge on any atom is 0.323 e. The zero-order valence-electron chi connectivity index (χ0n) is 15.0. The van der Waals surface area contributed by atoms with Gasteiger partial charge in [0.2, 0.25) is 0 Å². The van der Waals surface area contributed by atoms with Crippen molar-refractivity contribution in [2.24, 2.45) is 0 Å². The fraction of sp³-hybridized carbons (Fsp3) is 0.389. The van der Waals surface area contributed by atoms with E-state index in [4.69, 9.17) is 9.47 Å².